The van der Waals surface area contributed by atoms with Gasteiger partial charge in [0.1, 0.15) is 6.54 Å². The summed E-state index contributed by atoms with van der Waals surface area (Å²) in [5, 5.41) is 0. The largest absolute Gasteiger partial charge is 0.406 e. The Morgan fingerprint density at radius 3 is 2.48 bits per heavy atom. The summed E-state index contributed by atoms with van der Waals surface area (Å²) < 4.78 is 60.2. The molecule has 1 rings (SSSR count). The van der Waals surface area contributed by atoms with Crippen molar-refractivity contribution in [1.82, 2.24) is 4.90 Å². The second-order valence-electron chi connectivity index (χ2n) is 4.39. The normalized spacial score (nSPS) is 12.0. The number of sulfone groups is 1. The average Bonchev–Trinajstić information content (AvgIpc) is 2.35. The third-order valence-corrected chi connectivity index (χ3v) is 3.63. The fourth-order valence-electron chi connectivity index (χ4n) is 1.63. The number of halogens is 3. The van der Waals surface area contributed by atoms with Crippen LogP contribution in [0, 0.1) is 0 Å². The minimum atomic E-state index is -4.55. The molecule has 0 aliphatic heterocycles. The summed E-state index contributed by atoms with van der Waals surface area (Å²) >= 11 is 0. The third kappa shape index (κ3) is 5.22. The first-order valence-electron chi connectivity index (χ1n) is 5.81. The van der Waals surface area contributed by atoms with Gasteiger partial charge in [-0.2, -0.15) is 13.2 Å². The Morgan fingerprint density at radius 2 is 2.00 bits per heavy atom. The van der Waals surface area contributed by atoms with E-state index in [0.717, 1.165) is 12.3 Å². The summed E-state index contributed by atoms with van der Waals surface area (Å²) in [4.78, 5) is 12.5. The van der Waals surface area contributed by atoms with Crippen LogP contribution in [0.15, 0.2) is 41.8 Å². The minimum absolute atomic E-state index is 0.121. The van der Waals surface area contributed by atoms with Crippen LogP contribution in [0.25, 0.3) is 0 Å². The molecule has 0 saturated carbocycles. The molecule has 0 N–H and O–H groups in total. The number of hydrogen-bond donors (Lipinski definition) is 0. The molecule has 0 aromatic heterocycles. The lowest BCUT2D eigenvalue weighted by molar-refractivity contribution is -0.139. The third-order valence-electron chi connectivity index (χ3n) is 2.52. The van der Waals surface area contributed by atoms with Crippen molar-refractivity contribution in [1.29, 1.82) is 0 Å². The Balaban J connectivity index is 3.12. The maximum Gasteiger partial charge on any atom is 0.406 e. The second kappa shape index (κ2) is 6.30. The molecule has 21 heavy (non-hydrogen) atoms. The van der Waals surface area contributed by atoms with Crippen LogP contribution in [0.1, 0.15) is 10.4 Å². The Labute approximate surface area is 120 Å². The molecule has 0 heterocycles. The molecule has 1 aromatic rings. The number of rotatable bonds is 5. The van der Waals surface area contributed by atoms with Crippen LogP contribution >= 0.6 is 0 Å². The van der Waals surface area contributed by atoms with Crippen molar-refractivity contribution in [3.63, 3.8) is 0 Å². The summed E-state index contributed by atoms with van der Waals surface area (Å²) in [7, 11) is -3.55. The predicted molar refractivity (Wildman–Crippen MR) is 71.7 cm³/mol. The zero-order valence-electron chi connectivity index (χ0n) is 11.2. The summed E-state index contributed by atoms with van der Waals surface area (Å²) in [5.41, 5.74) is -0.121. The molecule has 1 amide bonds. The molecular formula is C13H14F3NO3S. The van der Waals surface area contributed by atoms with Crippen molar-refractivity contribution in [3.05, 3.63) is 42.5 Å². The zero-order valence-corrected chi connectivity index (χ0v) is 12.0. The zero-order chi connectivity index (χ0) is 16.3. The van der Waals surface area contributed by atoms with Crippen LogP contribution < -0.4 is 0 Å². The molecule has 0 unspecified atom stereocenters. The number of alkyl halides is 3. The van der Waals surface area contributed by atoms with E-state index in [4.69, 9.17) is 0 Å². The van der Waals surface area contributed by atoms with Crippen molar-refractivity contribution in [2.24, 2.45) is 0 Å². The van der Waals surface area contributed by atoms with Crippen LogP contribution in [0.3, 0.4) is 0 Å². The van der Waals surface area contributed by atoms with Crippen molar-refractivity contribution < 1.29 is 26.4 Å². The van der Waals surface area contributed by atoms with Gasteiger partial charge in [-0.3, -0.25) is 4.79 Å². The van der Waals surface area contributed by atoms with E-state index in [1.165, 1.54) is 24.3 Å². The number of carbonyl (C=O) groups excluding carboxylic acids is 1. The topological polar surface area (TPSA) is 54.5 Å². The van der Waals surface area contributed by atoms with E-state index in [1.807, 2.05) is 0 Å². The lowest BCUT2D eigenvalue weighted by atomic mass is 10.2. The molecule has 0 saturated heterocycles. The fourth-order valence-corrected chi connectivity index (χ4v) is 2.30. The highest BCUT2D eigenvalue weighted by Gasteiger charge is 2.33. The van der Waals surface area contributed by atoms with Crippen molar-refractivity contribution in [3.8, 4) is 0 Å². The first-order valence-corrected chi connectivity index (χ1v) is 7.71. The van der Waals surface area contributed by atoms with Crippen molar-refractivity contribution >= 4 is 15.7 Å². The second-order valence-corrected chi connectivity index (χ2v) is 6.41. The molecular weight excluding hydrogens is 307 g/mol. The van der Waals surface area contributed by atoms with Crippen LogP contribution in [0.2, 0.25) is 0 Å². The lowest BCUT2D eigenvalue weighted by Crippen LogP contribution is -2.39. The molecule has 0 aliphatic rings. The van der Waals surface area contributed by atoms with Gasteiger partial charge in [-0.1, -0.05) is 12.1 Å². The van der Waals surface area contributed by atoms with Gasteiger partial charge in [0.25, 0.3) is 5.91 Å². The molecule has 0 radical (unpaired) electrons. The Kier molecular flexibility index (Phi) is 5.16. The Morgan fingerprint density at radius 1 is 1.38 bits per heavy atom. The van der Waals surface area contributed by atoms with E-state index >= 15 is 0 Å². The molecule has 0 bridgehead atoms. The first kappa shape index (κ1) is 17.2. The molecule has 4 nitrogen and oxygen atoms in total. The molecule has 0 aliphatic carbocycles. The van der Waals surface area contributed by atoms with E-state index < -0.39 is 28.5 Å². The van der Waals surface area contributed by atoms with E-state index in [-0.39, 0.29) is 17.0 Å². The Bertz CT molecular complexity index is 638. The predicted octanol–water partition coefficient (Wildman–Crippen LogP) is 2.28. The van der Waals surface area contributed by atoms with Gasteiger partial charge in [0.2, 0.25) is 0 Å². The van der Waals surface area contributed by atoms with E-state index in [1.54, 1.807) is 0 Å². The van der Waals surface area contributed by atoms with Crippen molar-refractivity contribution in [2.75, 3.05) is 19.3 Å². The number of carbonyl (C=O) groups is 1. The summed E-state index contributed by atoms with van der Waals surface area (Å²) in [6.07, 6.45) is -2.43. The highest BCUT2D eigenvalue weighted by Crippen LogP contribution is 2.19. The molecule has 8 heteroatoms. The van der Waals surface area contributed by atoms with E-state index in [9.17, 15) is 26.4 Å². The van der Waals surface area contributed by atoms with E-state index in [2.05, 4.69) is 6.58 Å². The van der Waals surface area contributed by atoms with E-state index in [0.29, 0.717) is 4.90 Å². The van der Waals surface area contributed by atoms with Crippen LogP contribution in [-0.2, 0) is 9.84 Å². The van der Waals surface area contributed by atoms with Gasteiger partial charge in [0.05, 0.1) is 4.90 Å². The molecule has 0 atom stereocenters. The standard InChI is InChI=1S/C13H14F3NO3S/c1-3-7-17(9-13(14,15)16)12(18)10-5-4-6-11(8-10)21(2,19)20/h3-6,8H,1,7,9H2,2H3. The number of benzene rings is 1. The summed E-state index contributed by atoms with van der Waals surface area (Å²) in [6, 6.07) is 4.91. The van der Waals surface area contributed by atoms with Gasteiger partial charge < -0.3 is 4.90 Å². The molecule has 116 valence electrons. The van der Waals surface area contributed by atoms with Crippen molar-refractivity contribution in [2.45, 2.75) is 11.1 Å². The monoisotopic (exact) mass is 321 g/mol. The molecule has 0 spiro atoms. The number of hydrogen-bond acceptors (Lipinski definition) is 3. The fraction of sp³-hybridized carbons (Fsp3) is 0.308. The maximum atomic E-state index is 12.4. The maximum absolute atomic E-state index is 12.4. The molecule has 1 aromatic carbocycles. The highest BCUT2D eigenvalue weighted by molar-refractivity contribution is 7.90. The van der Waals surface area contributed by atoms with Gasteiger partial charge >= 0.3 is 6.18 Å². The quantitative estimate of drug-likeness (QED) is 0.782. The number of amides is 1. The van der Waals surface area contributed by atoms with Gasteiger partial charge in [0.15, 0.2) is 9.84 Å². The summed E-state index contributed by atoms with van der Waals surface area (Å²) in [6.45, 7) is 1.59. The van der Waals surface area contributed by atoms with Gasteiger partial charge in [0, 0.05) is 18.4 Å². The Hall–Kier alpha value is -1.83. The van der Waals surface area contributed by atoms with Gasteiger partial charge in [-0.25, -0.2) is 8.42 Å². The van der Waals surface area contributed by atoms with Gasteiger partial charge in [-0.05, 0) is 18.2 Å². The van der Waals surface area contributed by atoms with Crippen LogP contribution in [-0.4, -0.2) is 44.7 Å². The number of nitrogens with zero attached hydrogens (tertiary/aromatic N) is 1. The van der Waals surface area contributed by atoms with Crippen LogP contribution in [0.4, 0.5) is 13.2 Å². The highest BCUT2D eigenvalue weighted by atomic mass is 32.2. The summed E-state index contributed by atoms with van der Waals surface area (Å²) in [5.74, 6) is -0.905. The van der Waals surface area contributed by atoms with Crippen LogP contribution in [0.5, 0.6) is 0 Å². The minimum Gasteiger partial charge on any atom is -0.326 e. The average molecular weight is 321 g/mol. The van der Waals surface area contributed by atoms with Gasteiger partial charge in [-0.15, -0.1) is 6.58 Å². The SMILES string of the molecule is C=CCN(CC(F)(F)F)C(=O)c1cccc(S(C)(=O)=O)c1. The first-order chi connectivity index (χ1) is 9.54. The lowest BCUT2D eigenvalue weighted by Gasteiger charge is -2.22. The smallest absolute Gasteiger partial charge is 0.326 e. The molecule has 0 fully saturated rings.